The maximum atomic E-state index is 9.39. The Morgan fingerprint density at radius 2 is 2.29 bits per heavy atom. The maximum absolute atomic E-state index is 9.39. The minimum atomic E-state index is 0.297. The number of fused-ring (bicyclic) bond motifs is 1. The number of phenols is 1. The average Bonchev–Trinajstić information content (AvgIpc) is 2.59. The molecule has 2 heteroatoms. The molecule has 0 aliphatic carbocycles. The Balaban J connectivity index is 2.66. The van der Waals surface area contributed by atoms with Crippen LogP contribution in [-0.4, -0.2) is 10.1 Å². The van der Waals surface area contributed by atoms with Gasteiger partial charge in [-0.2, -0.15) is 0 Å². The Bertz CT molecular complexity index is 470. The van der Waals surface area contributed by atoms with E-state index in [4.69, 9.17) is 0 Å². The van der Waals surface area contributed by atoms with E-state index in [1.54, 1.807) is 12.1 Å². The van der Waals surface area contributed by atoms with E-state index >= 15 is 0 Å². The fourth-order valence-corrected chi connectivity index (χ4v) is 1.63. The summed E-state index contributed by atoms with van der Waals surface area (Å²) in [6.45, 7) is 5.85. The smallest absolute Gasteiger partial charge is 0.116 e. The van der Waals surface area contributed by atoms with Gasteiger partial charge in [0.2, 0.25) is 0 Å². The van der Waals surface area contributed by atoms with Crippen molar-refractivity contribution in [2.75, 3.05) is 0 Å². The summed E-state index contributed by atoms with van der Waals surface area (Å²) in [7, 11) is 0. The van der Waals surface area contributed by atoms with Gasteiger partial charge in [-0.1, -0.05) is 13.0 Å². The third-order valence-corrected chi connectivity index (χ3v) is 2.54. The van der Waals surface area contributed by atoms with Gasteiger partial charge in [-0.05, 0) is 23.8 Å². The third-order valence-electron chi connectivity index (χ3n) is 2.54. The molecule has 14 heavy (non-hydrogen) atoms. The molecule has 2 nitrogen and oxygen atoms in total. The zero-order chi connectivity index (χ0) is 10.1. The van der Waals surface area contributed by atoms with Gasteiger partial charge in [0.25, 0.3) is 0 Å². The lowest BCUT2D eigenvalue weighted by atomic mass is 10.0. The van der Waals surface area contributed by atoms with Gasteiger partial charge in [-0.15, -0.1) is 6.58 Å². The lowest BCUT2D eigenvalue weighted by Gasteiger charge is -2.03. The summed E-state index contributed by atoms with van der Waals surface area (Å²) in [6.07, 6.45) is 3.86. The topological polar surface area (TPSA) is 36.0 Å². The third kappa shape index (κ3) is 1.29. The molecule has 2 aromatic rings. The van der Waals surface area contributed by atoms with Gasteiger partial charge in [0, 0.05) is 23.0 Å². The van der Waals surface area contributed by atoms with E-state index in [0.717, 1.165) is 10.9 Å². The Kier molecular flexibility index (Phi) is 2.04. The van der Waals surface area contributed by atoms with Gasteiger partial charge < -0.3 is 10.1 Å². The molecule has 1 aromatic heterocycles. The van der Waals surface area contributed by atoms with Gasteiger partial charge >= 0.3 is 0 Å². The first kappa shape index (κ1) is 8.88. The lowest BCUT2D eigenvalue weighted by Crippen LogP contribution is -1.85. The summed E-state index contributed by atoms with van der Waals surface area (Å²) in [5, 5.41) is 10.5. The first-order valence-corrected chi connectivity index (χ1v) is 4.65. The monoisotopic (exact) mass is 187 g/mol. The zero-order valence-corrected chi connectivity index (χ0v) is 8.12. The number of aromatic hydroxyl groups is 1. The van der Waals surface area contributed by atoms with Crippen molar-refractivity contribution >= 4 is 10.9 Å². The van der Waals surface area contributed by atoms with E-state index in [0.29, 0.717) is 11.7 Å². The second-order valence-electron chi connectivity index (χ2n) is 3.50. The van der Waals surface area contributed by atoms with Crippen molar-refractivity contribution in [1.29, 1.82) is 0 Å². The summed E-state index contributed by atoms with van der Waals surface area (Å²) >= 11 is 0. The van der Waals surface area contributed by atoms with Crippen LogP contribution in [0.1, 0.15) is 18.4 Å². The molecular weight excluding hydrogens is 174 g/mol. The van der Waals surface area contributed by atoms with Crippen molar-refractivity contribution in [3.05, 3.63) is 42.6 Å². The van der Waals surface area contributed by atoms with Crippen LogP contribution in [0.15, 0.2) is 37.1 Å². The predicted octanol–water partition coefficient (Wildman–Crippen LogP) is 3.16. The number of rotatable bonds is 2. The Hall–Kier alpha value is -1.70. The van der Waals surface area contributed by atoms with Gasteiger partial charge in [0.15, 0.2) is 0 Å². The SMILES string of the molecule is C=CC(C)c1c[nH]c2ccc(O)cc12. The molecular formula is C12H13NO. The van der Waals surface area contributed by atoms with E-state index in [-0.39, 0.29) is 0 Å². The summed E-state index contributed by atoms with van der Waals surface area (Å²) < 4.78 is 0. The highest BCUT2D eigenvalue weighted by molar-refractivity contribution is 5.85. The first-order chi connectivity index (χ1) is 6.72. The standard InChI is InChI=1S/C12H13NO/c1-3-8(2)11-7-13-12-5-4-9(14)6-10(11)12/h3-8,13-14H,1H2,2H3. The molecule has 1 unspecified atom stereocenters. The molecule has 0 saturated carbocycles. The van der Waals surface area contributed by atoms with Crippen molar-refractivity contribution in [3.8, 4) is 5.75 Å². The number of aromatic nitrogens is 1. The second-order valence-corrected chi connectivity index (χ2v) is 3.50. The number of H-pyrrole nitrogens is 1. The largest absolute Gasteiger partial charge is 0.508 e. The molecule has 72 valence electrons. The van der Waals surface area contributed by atoms with Crippen LogP contribution in [0.3, 0.4) is 0 Å². The number of benzene rings is 1. The number of hydrogen-bond acceptors (Lipinski definition) is 1. The summed E-state index contributed by atoms with van der Waals surface area (Å²) in [6, 6.07) is 5.34. The van der Waals surface area contributed by atoms with Crippen molar-refractivity contribution in [1.82, 2.24) is 4.98 Å². The van der Waals surface area contributed by atoms with Crippen LogP contribution in [-0.2, 0) is 0 Å². The van der Waals surface area contributed by atoms with Crippen LogP contribution < -0.4 is 0 Å². The molecule has 0 aliphatic heterocycles. The van der Waals surface area contributed by atoms with Crippen LogP contribution in [0.2, 0.25) is 0 Å². The minimum Gasteiger partial charge on any atom is -0.508 e. The fraction of sp³-hybridized carbons (Fsp3) is 0.167. The molecule has 0 spiro atoms. The maximum Gasteiger partial charge on any atom is 0.116 e. The van der Waals surface area contributed by atoms with Gasteiger partial charge in [0.1, 0.15) is 5.75 Å². The van der Waals surface area contributed by atoms with Crippen LogP contribution in [0.4, 0.5) is 0 Å². The number of phenolic OH excluding ortho intramolecular Hbond substituents is 1. The second kappa shape index (κ2) is 3.22. The molecule has 0 saturated heterocycles. The average molecular weight is 187 g/mol. The van der Waals surface area contributed by atoms with E-state index in [1.165, 1.54) is 5.56 Å². The first-order valence-electron chi connectivity index (χ1n) is 4.65. The van der Waals surface area contributed by atoms with E-state index < -0.39 is 0 Å². The molecule has 0 radical (unpaired) electrons. The van der Waals surface area contributed by atoms with Crippen LogP contribution in [0.5, 0.6) is 5.75 Å². The lowest BCUT2D eigenvalue weighted by molar-refractivity contribution is 0.476. The van der Waals surface area contributed by atoms with Crippen LogP contribution in [0.25, 0.3) is 10.9 Å². The number of nitrogens with one attached hydrogen (secondary N) is 1. The van der Waals surface area contributed by atoms with Crippen molar-refractivity contribution in [3.63, 3.8) is 0 Å². The van der Waals surface area contributed by atoms with Crippen molar-refractivity contribution in [2.24, 2.45) is 0 Å². The normalized spacial score (nSPS) is 12.9. The quantitative estimate of drug-likeness (QED) is 0.696. The highest BCUT2D eigenvalue weighted by atomic mass is 16.3. The Labute approximate surface area is 82.9 Å². The predicted molar refractivity (Wildman–Crippen MR) is 58.6 cm³/mol. The molecule has 1 atom stereocenters. The number of hydrogen-bond donors (Lipinski definition) is 2. The molecule has 0 aliphatic rings. The minimum absolute atomic E-state index is 0.297. The van der Waals surface area contributed by atoms with Crippen molar-refractivity contribution < 1.29 is 5.11 Å². The molecule has 0 bridgehead atoms. The van der Waals surface area contributed by atoms with Gasteiger partial charge in [-0.25, -0.2) is 0 Å². The Morgan fingerprint density at radius 1 is 1.50 bits per heavy atom. The zero-order valence-electron chi connectivity index (χ0n) is 8.12. The van der Waals surface area contributed by atoms with Crippen LogP contribution >= 0.6 is 0 Å². The van der Waals surface area contributed by atoms with Crippen LogP contribution in [0, 0.1) is 0 Å². The summed E-state index contributed by atoms with van der Waals surface area (Å²) in [4.78, 5) is 3.17. The number of aromatic amines is 1. The fourth-order valence-electron chi connectivity index (χ4n) is 1.63. The highest BCUT2D eigenvalue weighted by Gasteiger charge is 2.08. The molecule has 2 rings (SSSR count). The van der Waals surface area contributed by atoms with E-state index in [9.17, 15) is 5.11 Å². The van der Waals surface area contributed by atoms with Gasteiger partial charge in [-0.3, -0.25) is 0 Å². The van der Waals surface area contributed by atoms with E-state index in [1.807, 2.05) is 18.3 Å². The molecule has 1 aromatic carbocycles. The van der Waals surface area contributed by atoms with Crippen molar-refractivity contribution in [2.45, 2.75) is 12.8 Å². The molecule has 0 fully saturated rings. The van der Waals surface area contributed by atoms with E-state index in [2.05, 4.69) is 18.5 Å². The van der Waals surface area contributed by atoms with Gasteiger partial charge in [0.05, 0.1) is 0 Å². The molecule has 2 N–H and O–H groups in total. The summed E-state index contributed by atoms with van der Waals surface area (Å²) in [5.74, 6) is 0.597. The number of allylic oxidation sites excluding steroid dienone is 1. The summed E-state index contributed by atoms with van der Waals surface area (Å²) in [5.41, 5.74) is 2.22. The molecule has 0 amide bonds. The Morgan fingerprint density at radius 3 is 3.00 bits per heavy atom. The molecule has 1 heterocycles. The highest BCUT2D eigenvalue weighted by Crippen LogP contribution is 2.28.